The van der Waals surface area contributed by atoms with Gasteiger partial charge in [0.25, 0.3) is 5.91 Å². The number of nitrogens with one attached hydrogen (secondary N) is 2. The molecule has 0 fully saturated rings. The zero-order valence-electron chi connectivity index (χ0n) is 16.4. The minimum Gasteiger partial charge on any atom is -0.497 e. The zero-order valence-corrected chi connectivity index (χ0v) is 16.4. The van der Waals surface area contributed by atoms with Gasteiger partial charge in [-0.15, -0.1) is 0 Å². The van der Waals surface area contributed by atoms with Gasteiger partial charge in [0, 0.05) is 18.4 Å². The lowest BCUT2D eigenvalue weighted by Crippen LogP contribution is -2.15. The number of amides is 1. The second-order valence-corrected chi connectivity index (χ2v) is 6.84. The minimum absolute atomic E-state index is 0.196. The number of rotatable bonds is 7. The third-order valence-electron chi connectivity index (χ3n) is 4.48. The van der Waals surface area contributed by atoms with Gasteiger partial charge < -0.3 is 15.4 Å². The number of anilines is 2. The molecule has 0 spiro atoms. The molecule has 144 valence electrons. The number of carbonyl (C=O) groups excluding carboxylic acids is 1. The molecule has 0 atom stereocenters. The molecule has 0 aliphatic rings. The van der Waals surface area contributed by atoms with E-state index in [1.807, 2.05) is 48.5 Å². The molecule has 0 saturated carbocycles. The van der Waals surface area contributed by atoms with E-state index in [0.29, 0.717) is 23.8 Å². The van der Waals surface area contributed by atoms with Gasteiger partial charge in [-0.1, -0.05) is 38.1 Å². The first-order valence-corrected chi connectivity index (χ1v) is 9.30. The number of aromatic nitrogens is 1. The van der Waals surface area contributed by atoms with Gasteiger partial charge in [0.05, 0.1) is 12.7 Å². The van der Waals surface area contributed by atoms with E-state index < -0.39 is 0 Å². The fourth-order valence-electron chi connectivity index (χ4n) is 2.85. The van der Waals surface area contributed by atoms with Crippen molar-refractivity contribution >= 4 is 17.4 Å². The molecule has 0 radical (unpaired) electrons. The quantitative estimate of drug-likeness (QED) is 0.605. The standard InChI is InChI=1S/C23H25N3O2/c1-16(2)18-9-11-19(12-10-18)26-23(27)21-8-5-13-24-22(21)25-15-17-6-4-7-20(14-17)28-3/h4-14,16H,15H2,1-3H3,(H,24,25)(H,26,27). The third-order valence-corrected chi connectivity index (χ3v) is 4.48. The highest BCUT2D eigenvalue weighted by atomic mass is 16.5. The number of nitrogens with zero attached hydrogens (tertiary/aromatic N) is 1. The maximum absolute atomic E-state index is 12.8. The smallest absolute Gasteiger partial charge is 0.259 e. The van der Waals surface area contributed by atoms with Crippen LogP contribution in [0.5, 0.6) is 5.75 Å². The number of carbonyl (C=O) groups is 1. The van der Waals surface area contributed by atoms with Crippen molar-refractivity contribution in [2.75, 3.05) is 17.7 Å². The summed E-state index contributed by atoms with van der Waals surface area (Å²) in [5, 5.41) is 6.19. The second kappa shape index (κ2) is 9.04. The molecule has 0 unspecified atom stereocenters. The number of pyridine rings is 1. The fourth-order valence-corrected chi connectivity index (χ4v) is 2.85. The van der Waals surface area contributed by atoms with E-state index in [1.54, 1.807) is 25.4 Å². The highest BCUT2D eigenvalue weighted by Gasteiger charge is 2.13. The molecule has 5 nitrogen and oxygen atoms in total. The van der Waals surface area contributed by atoms with Crippen LogP contribution in [0.3, 0.4) is 0 Å². The van der Waals surface area contributed by atoms with Gasteiger partial charge >= 0.3 is 0 Å². The van der Waals surface area contributed by atoms with E-state index in [2.05, 4.69) is 29.5 Å². The van der Waals surface area contributed by atoms with Crippen molar-refractivity contribution in [1.29, 1.82) is 0 Å². The number of methoxy groups -OCH3 is 1. The van der Waals surface area contributed by atoms with Crippen LogP contribution >= 0.6 is 0 Å². The topological polar surface area (TPSA) is 63.2 Å². The van der Waals surface area contributed by atoms with Crippen molar-refractivity contribution in [3.05, 3.63) is 83.6 Å². The summed E-state index contributed by atoms with van der Waals surface area (Å²) < 4.78 is 5.25. The molecule has 1 aromatic heterocycles. The van der Waals surface area contributed by atoms with Crippen molar-refractivity contribution < 1.29 is 9.53 Å². The van der Waals surface area contributed by atoms with E-state index in [4.69, 9.17) is 4.74 Å². The lowest BCUT2D eigenvalue weighted by atomic mass is 10.0. The van der Waals surface area contributed by atoms with Crippen LogP contribution in [0.25, 0.3) is 0 Å². The molecule has 2 N–H and O–H groups in total. The van der Waals surface area contributed by atoms with Gasteiger partial charge in [-0.25, -0.2) is 4.98 Å². The van der Waals surface area contributed by atoms with Crippen LogP contribution in [0.1, 0.15) is 41.3 Å². The highest BCUT2D eigenvalue weighted by Crippen LogP contribution is 2.20. The van der Waals surface area contributed by atoms with Gasteiger partial charge in [0.2, 0.25) is 0 Å². The van der Waals surface area contributed by atoms with Crippen molar-refractivity contribution in [3.63, 3.8) is 0 Å². The summed E-state index contributed by atoms with van der Waals surface area (Å²) >= 11 is 0. The molecule has 0 aliphatic heterocycles. The normalized spacial score (nSPS) is 10.6. The Kier molecular flexibility index (Phi) is 6.27. The largest absolute Gasteiger partial charge is 0.497 e. The molecule has 2 aromatic carbocycles. The van der Waals surface area contributed by atoms with Gasteiger partial charge in [-0.05, 0) is 53.4 Å². The summed E-state index contributed by atoms with van der Waals surface area (Å²) in [5.74, 6) is 1.60. The molecular weight excluding hydrogens is 350 g/mol. The fraction of sp³-hybridized carbons (Fsp3) is 0.217. The Balaban J connectivity index is 1.71. The Bertz CT molecular complexity index is 937. The molecule has 1 heterocycles. The number of hydrogen-bond acceptors (Lipinski definition) is 4. The molecule has 3 aromatic rings. The molecular formula is C23H25N3O2. The third kappa shape index (κ3) is 4.88. The number of hydrogen-bond donors (Lipinski definition) is 2. The van der Waals surface area contributed by atoms with Gasteiger partial charge in [0.1, 0.15) is 11.6 Å². The Morgan fingerprint density at radius 1 is 1.07 bits per heavy atom. The number of ether oxygens (including phenoxy) is 1. The van der Waals surface area contributed by atoms with Crippen molar-refractivity contribution in [1.82, 2.24) is 4.98 Å². The van der Waals surface area contributed by atoms with Crippen molar-refractivity contribution in [3.8, 4) is 5.75 Å². The van der Waals surface area contributed by atoms with E-state index in [0.717, 1.165) is 17.0 Å². The Labute approximate surface area is 165 Å². The maximum Gasteiger partial charge on any atom is 0.259 e. The van der Waals surface area contributed by atoms with Gasteiger partial charge in [-0.3, -0.25) is 4.79 Å². The van der Waals surface area contributed by atoms with Crippen molar-refractivity contribution in [2.45, 2.75) is 26.3 Å². The van der Waals surface area contributed by atoms with Crippen LogP contribution in [0.4, 0.5) is 11.5 Å². The molecule has 1 amide bonds. The maximum atomic E-state index is 12.8. The second-order valence-electron chi connectivity index (χ2n) is 6.84. The lowest BCUT2D eigenvalue weighted by Gasteiger charge is -2.12. The first-order valence-electron chi connectivity index (χ1n) is 9.30. The summed E-state index contributed by atoms with van der Waals surface area (Å²) in [5.41, 5.74) is 3.54. The first kappa shape index (κ1) is 19.4. The van der Waals surface area contributed by atoms with Crippen LogP contribution in [0.2, 0.25) is 0 Å². The van der Waals surface area contributed by atoms with Gasteiger partial charge in [-0.2, -0.15) is 0 Å². The monoisotopic (exact) mass is 375 g/mol. The molecule has 0 bridgehead atoms. The van der Waals surface area contributed by atoms with Crippen molar-refractivity contribution in [2.24, 2.45) is 0 Å². The number of benzene rings is 2. The van der Waals surface area contributed by atoms with Crippen LogP contribution < -0.4 is 15.4 Å². The van der Waals surface area contributed by atoms with Crippen LogP contribution in [-0.2, 0) is 6.54 Å². The SMILES string of the molecule is COc1cccc(CNc2ncccc2C(=O)Nc2ccc(C(C)C)cc2)c1. The van der Waals surface area contributed by atoms with E-state index in [1.165, 1.54) is 5.56 Å². The summed E-state index contributed by atoms with van der Waals surface area (Å²) in [6, 6.07) is 19.2. The predicted molar refractivity (Wildman–Crippen MR) is 113 cm³/mol. The van der Waals surface area contributed by atoms with E-state index >= 15 is 0 Å². The van der Waals surface area contributed by atoms with E-state index in [9.17, 15) is 4.79 Å². The average molecular weight is 375 g/mol. The highest BCUT2D eigenvalue weighted by molar-refractivity contribution is 6.07. The molecule has 0 aliphatic carbocycles. The summed E-state index contributed by atoms with van der Waals surface area (Å²) in [7, 11) is 1.64. The Hall–Kier alpha value is -3.34. The summed E-state index contributed by atoms with van der Waals surface area (Å²) in [6.07, 6.45) is 1.67. The van der Waals surface area contributed by atoms with Crippen LogP contribution in [-0.4, -0.2) is 18.0 Å². The Morgan fingerprint density at radius 2 is 1.86 bits per heavy atom. The zero-order chi connectivity index (χ0) is 19.9. The summed E-state index contributed by atoms with van der Waals surface area (Å²) in [4.78, 5) is 17.1. The van der Waals surface area contributed by atoms with Crippen LogP contribution in [0.15, 0.2) is 66.9 Å². The lowest BCUT2D eigenvalue weighted by molar-refractivity contribution is 0.102. The van der Waals surface area contributed by atoms with Gasteiger partial charge in [0.15, 0.2) is 0 Å². The summed E-state index contributed by atoms with van der Waals surface area (Å²) in [6.45, 7) is 4.82. The molecule has 0 saturated heterocycles. The molecule has 3 rings (SSSR count). The first-order chi connectivity index (χ1) is 13.6. The Morgan fingerprint density at radius 3 is 2.57 bits per heavy atom. The molecule has 28 heavy (non-hydrogen) atoms. The van der Waals surface area contributed by atoms with E-state index in [-0.39, 0.29) is 5.91 Å². The molecule has 5 heteroatoms. The predicted octanol–water partition coefficient (Wildman–Crippen LogP) is 5.08. The average Bonchev–Trinajstić information content (AvgIpc) is 2.73. The van der Waals surface area contributed by atoms with Crippen LogP contribution in [0, 0.1) is 0 Å². The minimum atomic E-state index is -0.196.